The second-order valence-corrected chi connectivity index (χ2v) is 8.39. The van der Waals surface area contributed by atoms with Crippen LogP contribution in [0.4, 0.5) is 5.69 Å². The van der Waals surface area contributed by atoms with E-state index in [-0.39, 0.29) is 6.42 Å². The minimum absolute atomic E-state index is 0.146. The van der Waals surface area contributed by atoms with Gasteiger partial charge in [-0.05, 0) is 59.3 Å². The lowest BCUT2D eigenvalue weighted by Gasteiger charge is -2.44. The van der Waals surface area contributed by atoms with Crippen LogP contribution in [0.1, 0.15) is 37.7 Å². The number of hydrogen-bond acceptors (Lipinski definition) is 6. The van der Waals surface area contributed by atoms with Gasteiger partial charge in [-0.2, -0.15) is 5.10 Å². The van der Waals surface area contributed by atoms with E-state index in [0.29, 0.717) is 18.9 Å². The number of carbonyl (C=O) groups is 1. The summed E-state index contributed by atoms with van der Waals surface area (Å²) in [6.07, 6.45) is 4.34. The number of anilines is 1. The monoisotopic (exact) mass is 438 g/mol. The van der Waals surface area contributed by atoms with Crippen molar-refractivity contribution in [3.05, 3.63) is 28.2 Å². The average Bonchev–Trinajstić information content (AvgIpc) is 2.62. The highest BCUT2D eigenvalue weighted by molar-refractivity contribution is 9.10. The zero-order valence-corrected chi connectivity index (χ0v) is 16.9. The summed E-state index contributed by atoms with van der Waals surface area (Å²) < 4.78 is 1.03. The van der Waals surface area contributed by atoms with Crippen LogP contribution in [0, 0.1) is 0 Å². The van der Waals surface area contributed by atoms with Crippen molar-refractivity contribution in [3.63, 3.8) is 0 Å². The second kappa shape index (κ2) is 8.58. The molecule has 0 atom stereocenters. The Balaban J connectivity index is 1.53. The lowest BCUT2D eigenvalue weighted by Crippen LogP contribution is -2.52. The topological polar surface area (TPSA) is 102 Å². The molecule has 1 aliphatic heterocycles. The predicted molar refractivity (Wildman–Crippen MR) is 109 cm³/mol. The summed E-state index contributed by atoms with van der Waals surface area (Å²) in [5.41, 5.74) is 1.11. The highest BCUT2D eigenvalue weighted by Crippen LogP contribution is 2.34. The van der Waals surface area contributed by atoms with Crippen molar-refractivity contribution >= 4 is 33.8 Å². The summed E-state index contributed by atoms with van der Waals surface area (Å²) in [6.45, 7) is 3.83. The van der Waals surface area contributed by atoms with Gasteiger partial charge in [0.05, 0.1) is 23.9 Å². The Morgan fingerprint density at radius 3 is 2.52 bits per heavy atom. The lowest BCUT2D eigenvalue weighted by atomic mass is 9.79. The van der Waals surface area contributed by atoms with Crippen molar-refractivity contribution in [3.8, 4) is 0 Å². The van der Waals surface area contributed by atoms with Gasteiger partial charge in [0.2, 0.25) is 0 Å². The van der Waals surface area contributed by atoms with E-state index in [9.17, 15) is 9.90 Å². The van der Waals surface area contributed by atoms with E-state index in [0.717, 1.165) is 49.1 Å². The molecule has 1 aliphatic carbocycles. The maximum atomic E-state index is 10.9. The SMILES string of the molecule is N/N=C\c1ccc(N2CCN(C3CCC(O)(CC(=O)O)CC3)CC2)c(Br)c1. The van der Waals surface area contributed by atoms with Crippen LogP contribution >= 0.6 is 15.9 Å². The first kappa shape index (κ1) is 20.1. The molecule has 27 heavy (non-hydrogen) atoms. The molecular weight excluding hydrogens is 412 g/mol. The third kappa shape index (κ3) is 5.00. The molecule has 8 heteroatoms. The van der Waals surface area contributed by atoms with E-state index in [1.54, 1.807) is 6.21 Å². The molecule has 1 aromatic carbocycles. The first-order valence-electron chi connectivity index (χ1n) is 9.36. The van der Waals surface area contributed by atoms with Gasteiger partial charge in [0.15, 0.2) is 0 Å². The predicted octanol–water partition coefficient (Wildman–Crippen LogP) is 2.01. The smallest absolute Gasteiger partial charge is 0.306 e. The molecule has 2 fully saturated rings. The molecule has 0 bridgehead atoms. The van der Waals surface area contributed by atoms with E-state index in [4.69, 9.17) is 10.9 Å². The van der Waals surface area contributed by atoms with Crippen molar-refractivity contribution in [1.29, 1.82) is 0 Å². The number of aliphatic hydroxyl groups is 1. The Morgan fingerprint density at radius 1 is 1.30 bits per heavy atom. The Kier molecular flexibility index (Phi) is 6.39. The third-order valence-corrected chi connectivity index (χ3v) is 6.37. The van der Waals surface area contributed by atoms with Crippen LogP contribution in [0.25, 0.3) is 0 Å². The van der Waals surface area contributed by atoms with Crippen LogP contribution in [-0.4, -0.2) is 65.1 Å². The molecule has 1 heterocycles. The molecule has 2 aliphatic rings. The van der Waals surface area contributed by atoms with Crippen molar-refractivity contribution in [2.45, 2.75) is 43.7 Å². The van der Waals surface area contributed by atoms with Crippen LogP contribution in [0.3, 0.4) is 0 Å². The highest BCUT2D eigenvalue weighted by atomic mass is 79.9. The number of piperazine rings is 1. The minimum atomic E-state index is -1.02. The highest BCUT2D eigenvalue weighted by Gasteiger charge is 2.37. The van der Waals surface area contributed by atoms with E-state index < -0.39 is 11.6 Å². The Morgan fingerprint density at radius 2 is 1.96 bits per heavy atom. The van der Waals surface area contributed by atoms with Crippen molar-refractivity contribution < 1.29 is 15.0 Å². The quantitative estimate of drug-likeness (QED) is 0.369. The first-order chi connectivity index (χ1) is 12.9. The van der Waals surface area contributed by atoms with Crippen LogP contribution in [0.15, 0.2) is 27.8 Å². The largest absolute Gasteiger partial charge is 0.481 e. The molecule has 4 N–H and O–H groups in total. The summed E-state index contributed by atoms with van der Waals surface area (Å²) in [6, 6.07) is 6.55. The van der Waals surface area contributed by atoms with Crippen molar-refractivity contribution in [2.24, 2.45) is 10.9 Å². The minimum Gasteiger partial charge on any atom is -0.481 e. The number of nitrogens with zero attached hydrogens (tertiary/aromatic N) is 3. The first-order valence-corrected chi connectivity index (χ1v) is 10.2. The summed E-state index contributed by atoms with van der Waals surface area (Å²) >= 11 is 3.64. The fourth-order valence-electron chi connectivity index (χ4n) is 4.24. The van der Waals surface area contributed by atoms with Crippen LogP contribution in [0.5, 0.6) is 0 Å². The molecule has 0 spiro atoms. The van der Waals surface area contributed by atoms with Crippen LogP contribution in [0.2, 0.25) is 0 Å². The van der Waals surface area contributed by atoms with Gasteiger partial charge in [-0.15, -0.1) is 0 Å². The van der Waals surface area contributed by atoms with Gasteiger partial charge in [0.25, 0.3) is 0 Å². The average molecular weight is 439 g/mol. The maximum Gasteiger partial charge on any atom is 0.306 e. The van der Waals surface area contributed by atoms with Gasteiger partial charge in [0, 0.05) is 36.7 Å². The van der Waals surface area contributed by atoms with Crippen molar-refractivity contribution in [1.82, 2.24) is 4.90 Å². The number of carboxylic acid groups (broad SMARTS) is 1. The molecule has 0 aromatic heterocycles. The molecule has 0 radical (unpaired) electrons. The normalized spacial score (nSPS) is 27.2. The van der Waals surface area contributed by atoms with Gasteiger partial charge < -0.3 is 21.0 Å². The van der Waals surface area contributed by atoms with Crippen molar-refractivity contribution in [2.75, 3.05) is 31.1 Å². The number of rotatable bonds is 5. The fourth-order valence-corrected chi connectivity index (χ4v) is 4.88. The number of halogens is 1. The molecule has 7 nitrogen and oxygen atoms in total. The summed E-state index contributed by atoms with van der Waals surface area (Å²) in [4.78, 5) is 15.8. The zero-order chi connectivity index (χ0) is 19.4. The Hall–Kier alpha value is -1.64. The number of hydrogen-bond donors (Lipinski definition) is 3. The maximum absolute atomic E-state index is 10.9. The molecule has 0 unspecified atom stereocenters. The molecule has 1 saturated heterocycles. The third-order valence-electron chi connectivity index (χ3n) is 5.73. The summed E-state index contributed by atoms with van der Waals surface area (Å²) in [5, 5.41) is 22.9. The van der Waals surface area contributed by atoms with Gasteiger partial charge in [0.1, 0.15) is 0 Å². The van der Waals surface area contributed by atoms with E-state index in [1.807, 2.05) is 12.1 Å². The van der Waals surface area contributed by atoms with Gasteiger partial charge >= 0.3 is 5.97 Å². The fraction of sp³-hybridized carbons (Fsp3) is 0.579. The van der Waals surface area contributed by atoms with Gasteiger partial charge in [-0.1, -0.05) is 6.07 Å². The molecule has 0 amide bonds. The summed E-state index contributed by atoms with van der Waals surface area (Å²) in [5.74, 6) is 4.29. The number of nitrogens with two attached hydrogens (primary N) is 1. The molecule has 148 valence electrons. The van der Waals surface area contributed by atoms with Gasteiger partial charge in [-0.3, -0.25) is 9.69 Å². The van der Waals surface area contributed by atoms with Gasteiger partial charge in [-0.25, -0.2) is 0 Å². The molecule has 1 saturated carbocycles. The number of benzene rings is 1. The number of carboxylic acids is 1. The molecule has 3 rings (SSSR count). The van der Waals surface area contributed by atoms with Crippen LogP contribution < -0.4 is 10.7 Å². The van der Waals surface area contributed by atoms with E-state index in [2.05, 4.69) is 36.9 Å². The molecular formula is C19H27BrN4O3. The molecule has 1 aromatic rings. The standard InChI is InChI=1S/C19H27BrN4O3/c20-16-11-14(13-22-21)1-2-17(16)24-9-7-23(8-10-24)15-3-5-19(27,6-4-15)12-18(25)26/h1-2,11,13,15,27H,3-10,12,21H2,(H,25,26)/b22-13-. The number of hydrazone groups is 1. The number of aliphatic carboxylic acids is 1. The van der Waals surface area contributed by atoms with Crippen LogP contribution in [-0.2, 0) is 4.79 Å². The van der Waals surface area contributed by atoms with E-state index >= 15 is 0 Å². The lowest BCUT2D eigenvalue weighted by molar-refractivity contribution is -0.144. The Labute approximate surface area is 168 Å². The summed E-state index contributed by atoms with van der Waals surface area (Å²) in [7, 11) is 0. The zero-order valence-electron chi connectivity index (χ0n) is 15.4. The van der Waals surface area contributed by atoms with E-state index in [1.165, 1.54) is 5.69 Å². The Bertz CT molecular complexity index is 696. The second-order valence-electron chi connectivity index (χ2n) is 7.54.